The molecule has 0 radical (unpaired) electrons. The number of carbonyl (C=O) groups excluding carboxylic acids is 1. The molecule has 0 saturated carbocycles. The molecule has 1 amide bonds. The van der Waals surface area contributed by atoms with E-state index >= 15 is 0 Å². The largest absolute Gasteiger partial charge is 0.272 e. The van der Waals surface area contributed by atoms with Gasteiger partial charge in [0.25, 0.3) is 0 Å². The number of hydrogen-bond donors (Lipinski definition) is 0. The van der Waals surface area contributed by atoms with Gasteiger partial charge in [-0.3, -0.25) is 4.79 Å². The van der Waals surface area contributed by atoms with Crippen LogP contribution in [0.5, 0.6) is 0 Å². The van der Waals surface area contributed by atoms with E-state index < -0.39 is 0 Å². The van der Waals surface area contributed by atoms with Crippen LogP contribution in [0.1, 0.15) is 31.7 Å². The zero-order valence-electron chi connectivity index (χ0n) is 15.3. The van der Waals surface area contributed by atoms with Gasteiger partial charge in [0.2, 0.25) is 5.91 Å². The second-order valence-corrected chi connectivity index (χ2v) is 6.66. The van der Waals surface area contributed by atoms with Gasteiger partial charge < -0.3 is 0 Å². The van der Waals surface area contributed by atoms with E-state index in [0.717, 1.165) is 23.1 Å². The van der Waals surface area contributed by atoms with Gasteiger partial charge in [0.1, 0.15) is 0 Å². The fraction of sp³-hybridized carbons (Fsp3) is 0.333. The highest BCUT2D eigenvalue weighted by molar-refractivity contribution is 5.83. The lowest BCUT2D eigenvalue weighted by Gasteiger charge is -2.28. The molecule has 1 atom stereocenters. The van der Waals surface area contributed by atoms with Crippen molar-refractivity contribution in [3.05, 3.63) is 60.2 Å². The Hall–Kier alpha value is -2.80. The zero-order valence-corrected chi connectivity index (χ0v) is 15.3. The molecule has 2 rings (SSSR count). The quantitative estimate of drug-likeness (QED) is 0.450. The number of hydrazine groups is 1. The SMILES string of the molecule is CC(C)CC(C(=O)N(C)N(C)C#N)c1ccc(-c2ccccc2)cc1. The van der Waals surface area contributed by atoms with Crippen LogP contribution in [0.25, 0.3) is 11.1 Å². The first-order chi connectivity index (χ1) is 11.9. The van der Waals surface area contributed by atoms with Crippen molar-refractivity contribution in [1.82, 2.24) is 10.0 Å². The summed E-state index contributed by atoms with van der Waals surface area (Å²) in [6.07, 6.45) is 2.72. The molecule has 0 heterocycles. The highest BCUT2D eigenvalue weighted by atomic mass is 16.2. The van der Waals surface area contributed by atoms with Gasteiger partial charge in [-0.15, -0.1) is 0 Å². The molecule has 0 aliphatic rings. The van der Waals surface area contributed by atoms with E-state index in [0.29, 0.717) is 5.92 Å². The molecule has 130 valence electrons. The average molecular weight is 335 g/mol. The van der Waals surface area contributed by atoms with E-state index in [4.69, 9.17) is 5.26 Å². The standard InChI is InChI=1S/C21H25N3O/c1-16(2)14-20(21(25)24(4)23(3)15-22)19-12-10-18(11-13-19)17-8-6-5-7-9-17/h5-13,16,20H,14H2,1-4H3. The van der Waals surface area contributed by atoms with Crippen LogP contribution >= 0.6 is 0 Å². The number of rotatable bonds is 6. The first-order valence-electron chi connectivity index (χ1n) is 8.50. The summed E-state index contributed by atoms with van der Waals surface area (Å²) in [6, 6.07) is 18.3. The van der Waals surface area contributed by atoms with Crippen molar-refractivity contribution in [3.63, 3.8) is 0 Å². The summed E-state index contributed by atoms with van der Waals surface area (Å²) >= 11 is 0. The number of likely N-dealkylation sites (N-methyl/N-ethyl adjacent to an activating group) is 1. The van der Waals surface area contributed by atoms with Gasteiger partial charge >= 0.3 is 0 Å². The second-order valence-electron chi connectivity index (χ2n) is 6.66. The predicted molar refractivity (Wildman–Crippen MR) is 100 cm³/mol. The molecule has 0 fully saturated rings. The molecule has 4 nitrogen and oxygen atoms in total. The molecule has 2 aromatic rings. The van der Waals surface area contributed by atoms with E-state index in [1.54, 1.807) is 14.1 Å². The molecule has 25 heavy (non-hydrogen) atoms. The summed E-state index contributed by atoms with van der Waals surface area (Å²) in [7, 11) is 3.22. The Labute approximate surface area is 150 Å². The Kier molecular flexibility index (Phi) is 6.19. The smallest absolute Gasteiger partial charge is 0.248 e. The predicted octanol–water partition coefficient (Wildman–Crippen LogP) is 4.27. The molecule has 4 heteroatoms. The molecule has 0 bridgehead atoms. The number of carbonyl (C=O) groups is 1. The van der Waals surface area contributed by atoms with Crippen LogP contribution in [-0.4, -0.2) is 30.0 Å². The van der Waals surface area contributed by atoms with Crippen molar-refractivity contribution in [3.8, 4) is 17.3 Å². The maximum absolute atomic E-state index is 12.9. The van der Waals surface area contributed by atoms with Crippen molar-refractivity contribution in [2.45, 2.75) is 26.2 Å². The molecule has 0 aliphatic heterocycles. The van der Waals surface area contributed by atoms with Crippen molar-refractivity contribution in [1.29, 1.82) is 5.26 Å². The topological polar surface area (TPSA) is 47.3 Å². The maximum Gasteiger partial charge on any atom is 0.248 e. The minimum Gasteiger partial charge on any atom is -0.272 e. The maximum atomic E-state index is 12.9. The van der Waals surface area contributed by atoms with E-state index in [1.165, 1.54) is 10.0 Å². The summed E-state index contributed by atoms with van der Waals surface area (Å²) < 4.78 is 0. The molecular formula is C21H25N3O. The molecule has 0 saturated heterocycles. The molecule has 0 N–H and O–H groups in total. The van der Waals surface area contributed by atoms with Crippen molar-refractivity contribution in [2.75, 3.05) is 14.1 Å². The Morgan fingerprint density at radius 1 is 1.00 bits per heavy atom. The van der Waals surface area contributed by atoms with Crippen LogP contribution in [0.4, 0.5) is 0 Å². The van der Waals surface area contributed by atoms with Crippen LogP contribution in [0.15, 0.2) is 54.6 Å². The molecule has 0 spiro atoms. The van der Waals surface area contributed by atoms with Crippen LogP contribution < -0.4 is 0 Å². The van der Waals surface area contributed by atoms with Gasteiger partial charge in [-0.25, -0.2) is 10.0 Å². The van der Waals surface area contributed by atoms with Gasteiger partial charge in [0.15, 0.2) is 6.19 Å². The minimum atomic E-state index is -0.259. The summed E-state index contributed by atoms with van der Waals surface area (Å²) in [5.41, 5.74) is 3.27. The Morgan fingerprint density at radius 2 is 1.56 bits per heavy atom. The van der Waals surface area contributed by atoms with Gasteiger partial charge in [-0.05, 0) is 29.0 Å². The van der Waals surface area contributed by atoms with Crippen LogP contribution in [0.3, 0.4) is 0 Å². The van der Waals surface area contributed by atoms with Gasteiger partial charge in [-0.1, -0.05) is 68.4 Å². The van der Waals surface area contributed by atoms with Crippen molar-refractivity contribution < 1.29 is 4.79 Å². The lowest BCUT2D eigenvalue weighted by molar-refractivity contribution is -0.141. The zero-order chi connectivity index (χ0) is 18.4. The van der Waals surface area contributed by atoms with Gasteiger partial charge in [0, 0.05) is 14.1 Å². The highest BCUT2D eigenvalue weighted by Crippen LogP contribution is 2.28. The second kappa shape index (κ2) is 8.34. The van der Waals surface area contributed by atoms with E-state index in [-0.39, 0.29) is 11.8 Å². The fourth-order valence-electron chi connectivity index (χ4n) is 2.83. The third-order valence-corrected chi connectivity index (χ3v) is 4.34. The molecule has 1 unspecified atom stereocenters. The first-order valence-corrected chi connectivity index (χ1v) is 8.50. The number of benzene rings is 2. The highest BCUT2D eigenvalue weighted by Gasteiger charge is 2.26. The van der Waals surface area contributed by atoms with E-state index in [1.807, 2.05) is 36.5 Å². The fourth-order valence-corrected chi connectivity index (χ4v) is 2.83. The van der Waals surface area contributed by atoms with Gasteiger partial charge in [0.05, 0.1) is 5.92 Å². The Bertz CT molecular complexity index is 732. The third-order valence-electron chi connectivity index (χ3n) is 4.34. The minimum absolute atomic E-state index is 0.0646. The number of nitriles is 1. The van der Waals surface area contributed by atoms with E-state index in [2.05, 4.69) is 38.1 Å². The van der Waals surface area contributed by atoms with Crippen molar-refractivity contribution in [2.24, 2.45) is 5.92 Å². The average Bonchev–Trinajstić information content (AvgIpc) is 2.65. The van der Waals surface area contributed by atoms with Crippen LogP contribution in [0.2, 0.25) is 0 Å². The number of nitrogens with zero attached hydrogens (tertiary/aromatic N) is 3. The third kappa shape index (κ3) is 4.60. The monoisotopic (exact) mass is 335 g/mol. The molecule has 0 aliphatic carbocycles. The number of amides is 1. The van der Waals surface area contributed by atoms with Crippen LogP contribution in [-0.2, 0) is 4.79 Å². The summed E-state index contributed by atoms with van der Waals surface area (Å²) in [4.78, 5) is 12.9. The lowest BCUT2D eigenvalue weighted by Crippen LogP contribution is -2.41. The lowest BCUT2D eigenvalue weighted by atomic mass is 9.88. The van der Waals surface area contributed by atoms with Crippen molar-refractivity contribution >= 4 is 5.91 Å². The Morgan fingerprint density at radius 3 is 2.08 bits per heavy atom. The normalized spacial score (nSPS) is 11.7. The summed E-state index contributed by atoms with van der Waals surface area (Å²) in [5.74, 6) is 0.0550. The molecule has 0 aromatic heterocycles. The molecular weight excluding hydrogens is 310 g/mol. The first kappa shape index (κ1) is 18.5. The van der Waals surface area contributed by atoms with Gasteiger partial charge in [-0.2, -0.15) is 5.26 Å². The van der Waals surface area contributed by atoms with Crippen LogP contribution in [0, 0.1) is 17.4 Å². The summed E-state index contributed by atoms with van der Waals surface area (Å²) in [6.45, 7) is 4.21. The Balaban J connectivity index is 2.29. The molecule has 2 aromatic carbocycles. The summed E-state index contributed by atoms with van der Waals surface area (Å²) in [5, 5.41) is 11.7. The number of hydrogen-bond acceptors (Lipinski definition) is 3. The van der Waals surface area contributed by atoms with E-state index in [9.17, 15) is 4.79 Å².